The lowest BCUT2D eigenvalue weighted by Crippen LogP contribution is -2.37. The Hall–Kier alpha value is -1.89. The number of carbonyl (C=O) groups excluding carboxylic acids is 2. The summed E-state index contributed by atoms with van der Waals surface area (Å²) in [5.74, 6) is -0.426. The molecule has 0 aliphatic heterocycles. The molecule has 0 saturated heterocycles. The first-order valence-corrected chi connectivity index (χ1v) is 8.07. The van der Waals surface area contributed by atoms with Crippen molar-refractivity contribution in [1.29, 1.82) is 0 Å². The zero-order chi connectivity index (χ0) is 15.8. The maximum atomic E-state index is 11.9. The van der Waals surface area contributed by atoms with Gasteiger partial charge in [0.2, 0.25) is 5.91 Å². The van der Waals surface area contributed by atoms with Crippen molar-refractivity contribution in [2.75, 3.05) is 13.1 Å². The number of hydrogen-bond donors (Lipinski definition) is 2. The zero-order valence-corrected chi connectivity index (χ0v) is 14.2. The molecule has 5 heteroatoms. The number of benzene rings is 2. The molecule has 0 spiro atoms. The highest BCUT2D eigenvalue weighted by Crippen LogP contribution is 2.06. The third-order valence-corrected chi connectivity index (χ3v) is 3.81. The molecule has 22 heavy (non-hydrogen) atoms. The lowest BCUT2D eigenvalue weighted by molar-refractivity contribution is -0.120. The summed E-state index contributed by atoms with van der Waals surface area (Å²) in [5.41, 5.74) is 1.73. The molecule has 0 bridgehead atoms. The molecule has 2 amide bonds. The first kappa shape index (κ1) is 16.5. The normalized spacial score (nSPS) is 10.0. The van der Waals surface area contributed by atoms with Crippen LogP contribution in [0.15, 0.2) is 54.6 Å². The van der Waals surface area contributed by atoms with Crippen LogP contribution >= 0.6 is 22.6 Å². The van der Waals surface area contributed by atoms with Gasteiger partial charge in [-0.3, -0.25) is 9.59 Å². The number of rotatable bonds is 6. The molecular weight excluding hydrogens is 391 g/mol. The molecule has 0 atom stereocenters. The summed E-state index contributed by atoms with van der Waals surface area (Å²) in [6.07, 6.45) is 0.775. The Labute approximate surface area is 143 Å². The lowest BCUT2D eigenvalue weighted by Gasteiger charge is -2.07. The van der Waals surface area contributed by atoms with E-state index < -0.39 is 0 Å². The van der Waals surface area contributed by atoms with Crippen molar-refractivity contribution < 1.29 is 9.59 Å². The van der Waals surface area contributed by atoms with Gasteiger partial charge < -0.3 is 10.6 Å². The quantitative estimate of drug-likeness (QED) is 0.722. The van der Waals surface area contributed by atoms with Crippen molar-refractivity contribution in [3.05, 3.63) is 69.3 Å². The van der Waals surface area contributed by atoms with Crippen LogP contribution in [0.1, 0.15) is 15.9 Å². The van der Waals surface area contributed by atoms with Crippen molar-refractivity contribution >= 4 is 34.4 Å². The number of amides is 2. The van der Waals surface area contributed by atoms with E-state index in [9.17, 15) is 9.59 Å². The van der Waals surface area contributed by atoms with Crippen LogP contribution in [0.2, 0.25) is 0 Å². The SMILES string of the molecule is O=C(CNC(=O)c1ccc(I)cc1)NCCc1ccccc1. The molecule has 2 aromatic carbocycles. The fraction of sp³-hybridized carbons (Fsp3) is 0.176. The molecule has 2 aromatic rings. The third kappa shape index (κ3) is 5.48. The van der Waals surface area contributed by atoms with Gasteiger partial charge in [0.15, 0.2) is 0 Å². The summed E-state index contributed by atoms with van der Waals surface area (Å²) in [6.45, 7) is 0.544. The summed E-state index contributed by atoms with van der Waals surface area (Å²) in [6, 6.07) is 17.1. The van der Waals surface area contributed by atoms with E-state index in [1.807, 2.05) is 42.5 Å². The summed E-state index contributed by atoms with van der Waals surface area (Å²) in [7, 11) is 0. The van der Waals surface area contributed by atoms with Crippen molar-refractivity contribution in [2.24, 2.45) is 0 Å². The smallest absolute Gasteiger partial charge is 0.251 e. The Balaban J connectivity index is 1.69. The van der Waals surface area contributed by atoms with E-state index in [-0.39, 0.29) is 18.4 Å². The molecule has 4 nitrogen and oxygen atoms in total. The summed E-state index contributed by atoms with van der Waals surface area (Å²) in [4.78, 5) is 23.6. The summed E-state index contributed by atoms with van der Waals surface area (Å²) in [5, 5.41) is 5.41. The van der Waals surface area contributed by atoms with E-state index in [1.54, 1.807) is 12.1 Å². The minimum Gasteiger partial charge on any atom is -0.354 e. The molecule has 0 unspecified atom stereocenters. The average Bonchev–Trinajstić information content (AvgIpc) is 2.54. The number of hydrogen-bond acceptors (Lipinski definition) is 2. The molecule has 0 aliphatic rings. The van der Waals surface area contributed by atoms with Gasteiger partial charge in [-0.25, -0.2) is 0 Å². The van der Waals surface area contributed by atoms with E-state index in [1.165, 1.54) is 5.56 Å². The van der Waals surface area contributed by atoms with Crippen LogP contribution in [0.5, 0.6) is 0 Å². The predicted octanol–water partition coefficient (Wildman–Crippen LogP) is 2.38. The largest absolute Gasteiger partial charge is 0.354 e. The fourth-order valence-corrected chi connectivity index (χ4v) is 2.28. The van der Waals surface area contributed by atoms with E-state index >= 15 is 0 Å². The van der Waals surface area contributed by atoms with Gasteiger partial charge in [-0.1, -0.05) is 30.3 Å². The second kappa shape index (κ2) is 8.53. The highest BCUT2D eigenvalue weighted by atomic mass is 127. The highest BCUT2D eigenvalue weighted by molar-refractivity contribution is 14.1. The summed E-state index contributed by atoms with van der Waals surface area (Å²) >= 11 is 2.18. The van der Waals surface area contributed by atoms with Crippen molar-refractivity contribution in [3.8, 4) is 0 Å². The van der Waals surface area contributed by atoms with Gasteiger partial charge >= 0.3 is 0 Å². The van der Waals surface area contributed by atoms with E-state index in [4.69, 9.17) is 0 Å². The topological polar surface area (TPSA) is 58.2 Å². The molecular formula is C17H17IN2O2. The van der Waals surface area contributed by atoms with Gasteiger partial charge in [0, 0.05) is 15.7 Å². The second-order valence-corrected chi connectivity index (χ2v) is 6.02. The van der Waals surface area contributed by atoms with Crippen molar-refractivity contribution in [2.45, 2.75) is 6.42 Å². The van der Waals surface area contributed by atoms with Crippen LogP contribution in [0.4, 0.5) is 0 Å². The first-order chi connectivity index (χ1) is 10.6. The Morgan fingerprint density at radius 2 is 1.59 bits per heavy atom. The Morgan fingerprint density at radius 3 is 2.27 bits per heavy atom. The third-order valence-electron chi connectivity index (χ3n) is 3.09. The maximum Gasteiger partial charge on any atom is 0.251 e. The second-order valence-electron chi connectivity index (χ2n) is 4.78. The maximum absolute atomic E-state index is 11.9. The zero-order valence-electron chi connectivity index (χ0n) is 12.0. The van der Waals surface area contributed by atoms with Crippen LogP contribution in [-0.2, 0) is 11.2 Å². The molecule has 2 N–H and O–H groups in total. The average molecular weight is 408 g/mol. The van der Waals surface area contributed by atoms with Gasteiger partial charge in [-0.2, -0.15) is 0 Å². The van der Waals surface area contributed by atoms with Crippen molar-refractivity contribution in [3.63, 3.8) is 0 Å². The molecule has 0 radical (unpaired) electrons. The molecule has 2 rings (SSSR count). The van der Waals surface area contributed by atoms with Gasteiger partial charge in [0.05, 0.1) is 6.54 Å². The summed E-state index contributed by atoms with van der Waals surface area (Å²) < 4.78 is 1.06. The number of nitrogens with one attached hydrogen (secondary N) is 2. The molecule has 0 heterocycles. The van der Waals surface area contributed by atoms with Gasteiger partial charge in [-0.15, -0.1) is 0 Å². The lowest BCUT2D eigenvalue weighted by atomic mass is 10.1. The van der Waals surface area contributed by atoms with Gasteiger partial charge in [0.25, 0.3) is 5.91 Å². The molecule has 0 saturated carbocycles. The van der Waals surface area contributed by atoms with E-state index in [2.05, 4.69) is 33.2 Å². The minimum absolute atomic E-state index is 0.0143. The molecule has 114 valence electrons. The van der Waals surface area contributed by atoms with Crippen LogP contribution in [0, 0.1) is 3.57 Å². The molecule has 0 aromatic heterocycles. The Bertz CT molecular complexity index is 627. The van der Waals surface area contributed by atoms with Crippen molar-refractivity contribution in [1.82, 2.24) is 10.6 Å². The first-order valence-electron chi connectivity index (χ1n) is 6.99. The highest BCUT2D eigenvalue weighted by Gasteiger charge is 2.07. The van der Waals surface area contributed by atoms with E-state index in [0.29, 0.717) is 12.1 Å². The van der Waals surface area contributed by atoms with Crippen LogP contribution in [0.3, 0.4) is 0 Å². The van der Waals surface area contributed by atoms with Crippen LogP contribution in [-0.4, -0.2) is 24.9 Å². The van der Waals surface area contributed by atoms with Crippen LogP contribution < -0.4 is 10.6 Å². The number of halogens is 1. The van der Waals surface area contributed by atoms with Crippen LogP contribution in [0.25, 0.3) is 0 Å². The Morgan fingerprint density at radius 1 is 0.909 bits per heavy atom. The predicted molar refractivity (Wildman–Crippen MR) is 94.6 cm³/mol. The monoisotopic (exact) mass is 408 g/mol. The van der Waals surface area contributed by atoms with Gasteiger partial charge in [-0.05, 0) is 58.8 Å². The number of carbonyl (C=O) groups is 2. The molecule has 0 fully saturated rings. The van der Waals surface area contributed by atoms with E-state index in [0.717, 1.165) is 9.99 Å². The fourth-order valence-electron chi connectivity index (χ4n) is 1.92. The van der Waals surface area contributed by atoms with Gasteiger partial charge in [0.1, 0.15) is 0 Å². The Kier molecular flexibility index (Phi) is 6.39. The minimum atomic E-state index is -0.241. The molecule has 0 aliphatic carbocycles. The standard InChI is InChI=1S/C17H17IN2O2/c18-15-8-6-14(7-9-15)17(22)20-12-16(21)19-11-10-13-4-2-1-3-5-13/h1-9H,10-12H2,(H,19,21)(H,20,22).